The summed E-state index contributed by atoms with van der Waals surface area (Å²) in [5.74, 6) is 0.317. The molecule has 2 aliphatic rings. The molecule has 134 valence electrons. The van der Waals surface area contributed by atoms with Crippen LogP contribution in [0.5, 0.6) is 0 Å². The minimum Gasteiger partial charge on any atom is -0.381 e. The second-order valence-electron chi connectivity index (χ2n) is 7.51. The molecule has 0 unspecified atom stereocenters. The van der Waals surface area contributed by atoms with Crippen LogP contribution in [0.3, 0.4) is 0 Å². The van der Waals surface area contributed by atoms with Crippen LogP contribution in [-0.4, -0.2) is 74.2 Å². The van der Waals surface area contributed by atoms with Gasteiger partial charge in [-0.05, 0) is 46.7 Å². The molecule has 2 aliphatic heterocycles. The zero-order valence-electron chi connectivity index (χ0n) is 15.3. The Morgan fingerprint density at radius 2 is 1.78 bits per heavy atom. The number of rotatable bonds is 6. The third kappa shape index (κ3) is 5.44. The molecule has 1 atom stereocenters. The Morgan fingerprint density at radius 3 is 2.35 bits per heavy atom. The van der Waals surface area contributed by atoms with E-state index in [2.05, 4.69) is 36.1 Å². The fraction of sp³-hybridized carbons (Fsp3) is 0.944. The Morgan fingerprint density at radius 1 is 1.17 bits per heavy atom. The predicted molar refractivity (Wildman–Crippen MR) is 93.6 cm³/mol. The average molecular weight is 325 g/mol. The number of hydrogen-bond acceptors (Lipinski definition) is 4. The van der Waals surface area contributed by atoms with Gasteiger partial charge in [0.25, 0.3) is 0 Å². The molecule has 0 bridgehead atoms. The molecular formula is C18H35N3O2. The van der Waals surface area contributed by atoms with Gasteiger partial charge >= 0.3 is 0 Å². The van der Waals surface area contributed by atoms with E-state index in [1.807, 2.05) is 0 Å². The Kier molecular flexibility index (Phi) is 7.31. The SMILES string of the molecule is C[C@H](CC(=O)N1CCCCCC1)NCC1(N(C)C)CCOCC1. The van der Waals surface area contributed by atoms with Crippen molar-refractivity contribution in [2.75, 3.05) is 46.9 Å². The van der Waals surface area contributed by atoms with Crippen LogP contribution in [0.1, 0.15) is 51.9 Å². The lowest BCUT2D eigenvalue weighted by atomic mass is 9.88. The predicted octanol–water partition coefficient (Wildman–Crippen LogP) is 1.87. The van der Waals surface area contributed by atoms with Crippen LogP contribution in [0.25, 0.3) is 0 Å². The summed E-state index contributed by atoms with van der Waals surface area (Å²) in [5, 5.41) is 3.62. The highest BCUT2D eigenvalue weighted by molar-refractivity contribution is 5.76. The van der Waals surface area contributed by atoms with E-state index >= 15 is 0 Å². The zero-order chi connectivity index (χ0) is 16.7. The fourth-order valence-corrected chi connectivity index (χ4v) is 3.68. The summed E-state index contributed by atoms with van der Waals surface area (Å²) in [6.07, 6.45) is 7.59. The van der Waals surface area contributed by atoms with Crippen molar-refractivity contribution in [3.8, 4) is 0 Å². The van der Waals surface area contributed by atoms with Crippen molar-refractivity contribution in [2.45, 2.75) is 63.5 Å². The normalized spacial score (nSPS) is 23.6. The molecule has 0 aromatic heterocycles. The Bertz CT molecular complexity index is 359. The molecule has 2 rings (SSSR count). The van der Waals surface area contributed by atoms with Crippen molar-refractivity contribution < 1.29 is 9.53 Å². The monoisotopic (exact) mass is 325 g/mol. The number of amides is 1. The van der Waals surface area contributed by atoms with Crippen LogP contribution in [-0.2, 0) is 9.53 Å². The number of carbonyl (C=O) groups is 1. The number of nitrogens with zero attached hydrogens (tertiary/aromatic N) is 2. The lowest BCUT2D eigenvalue weighted by Gasteiger charge is -2.43. The maximum atomic E-state index is 12.5. The molecule has 2 fully saturated rings. The molecule has 0 radical (unpaired) electrons. The molecule has 0 aromatic rings. The first-order chi connectivity index (χ1) is 11.0. The maximum absolute atomic E-state index is 12.5. The lowest BCUT2D eigenvalue weighted by Crippen LogP contribution is -2.56. The van der Waals surface area contributed by atoms with E-state index in [0.29, 0.717) is 12.3 Å². The summed E-state index contributed by atoms with van der Waals surface area (Å²) < 4.78 is 5.52. The highest BCUT2D eigenvalue weighted by Gasteiger charge is 2.34. The minimum atomic E-state index is 0.165. The average Bonchev–Trinajstić information content (AvgIpc) is 2.83. The van der Waals surface area contributed by atoms with Gasteiger partial charge in [-0.15, -0.1) is 0 Å². The molecular weight excluding hydrogens is 290 g/mol. The van der Waals surface area contributed by atoms with E-state index in [0.717, 1.165) is 58.5 Å². The highest BCUT2D eigenvalue weighted by atomic mass is 16.5. The van der Waals surface area contributed by atoms with Crippen LogP contribution < -0.4 is 5.32 Å². The molecule has 1 N–H and O–H groups in total. The van der Waals surface area contributed by atoms with Gasteiger partial charge in [0.15, 0.2) is 0 Å². The van der Waals surface area contributed by atoms with E-state index in [1.165, 1.54) is 12.8 Å². The molecule has 23 heavy (non-hydrogen) atoms. The van der Waals surface area contributed by atoms with Crippen LogP contribution in [0.2, 0.25) is 0 Å². The molecule has 0 saturated carbocycles. The molecule has 2 heterocycles. The fourth-order valence-electron chi connectivity index (χ4n) is 3.68. The molecule has 0 aromatic carbocycles. The number of carbonyl (C=O) groups excluding carboxylic acids is 1. The van der Waals surface area contributed by atoms with Crippen molar-refractivity contribution >= 4 is 5.91 Å². The zero-order valence-corrected chi connectivity index (χ0v) is 15.3. The van der Waals surface area contributed by atoms with Crippen molar-refractivity contribution in [2.24, 2.45) is 0 Å². The summed E-state index contributed by atoms with van der Waals surface area (Å²) in [6.45, 7) is 6.63. The second-order valence-corrected chi connectivity index (χ2v) is 7.51. The van der Waals surface area contributed by atoms with Gasteiger partial charge in [-0.2, -0.15) is 0 Å². The number of nitrogens with one attached hydrogen (secondary N) is 1. The smallest absolute Gasteiger partial charge is 0.224 e. The van der Waals surface area contributed by atoms with Crippen molar-refractivity contribution in [3.63, 3.8) is 0 Å². The van der Waals surface area contributed by atoms with Crippen LogP contribution in [0, 0.1) is 0 Å². The maximum Gasteiger partial charge on any atom is 0.224 e. The second kappa shape index (κ2) is 9.00. The van der Waals surface area contributed by atoms with Gasteiger partial charge in [-0.25, -0.2) is 0 Å². The van der Waals surface area contributed by atoms with Gasteiger partial charge in [0.1, 0.15) is 0 Å². The van der Waals surface area contributed by atoms with E-state index in [9.17, 15) is 4.79 Å². The summed E-state index contributed by atoms with van der Waals surface area (Å²) in [6, 6.07) is 0.227. The molecule has 5 nitrogen and oxygen atoms in total. The quantitative estimate of drug-likeness (QED) is 0.810. The molecule has 1 amide bonds. The van der Waals surface area contributed by atoms with Crippen molar-refractivity contribution in [1.29, 1.82) is 0 Å². The van der Waals surface area contributed by atoms with E-state index in [1.54, 1.807) is 0 Å². The molecule has 0 aliphatic carbocycles. The van der Waals surface area contributed by atoms with Crippen molar-refractivity contribution in [3.05, 3.63) is 0 Å². The molecule has 5 heteroatoms. The van der Waals surface area contributed by atoms with Crippen LogP contribution >= 0.6 is 0 Å². The summed E-state index contributed by atoms with van der Waals surface area (Å²) >= 11 is 0. The van der Waals surface area contributed by atoms with Gasteiger partial charge in [0.2, 0.25) is 5.91 Å². The van der Waals surface area contributed by atoms with Gasteiger partial charge < -0.3 is 19.9 Å². The number of hydrogen-bond donors (Lipinski definition) is 1. The molecule has 2 saturated heterocycles. The summed E-state index contributed by atoms with van der Waals surface area (Å²) in [7, 11) is 4.31. The first-order valence-electron chi connectivity index (χ1n) is 9.30. The first-order valence-corrected chi connectivity index (χ1v) is 9.30. The third-order valence-electron chi connectivity index (χ3n) is 5.59. The Hall–Kier alpha value is -0.650. The van der Waals surface area contributed by atoms with Gasteiger partial charge in [-0.3, -0.25) is 4.79 Å². The van der Waals surface area contributed by atoms with Gasteiger partial charge in [0.05, 0.1) is 0 Å². The lowest BCUT2D eigenvalue weighted by molar-refractivity contribution is -0.131. The van der Waals surface area contributed by atoms with Crippen LogP contribution in [0.15, 0.2) is 0 Å². The Labute approximate surface area is 141 Å². The standard InChI is InChI=1S/C18H35N3O2/c1-16(14-17(22)21-10-6-4-5-7-11-21)19-15-18(20(2)3)8-12-23-13-9-18/h16,19H,4-15H2,1-3H3/t16-/m1/s1. The van der Waals surface area contributed by atoms with Gasteiger partial charge in [0, 0.05) is 50.8 Å². The summed E-state index contributed by atoms with van der Waals surface area (Å²) in [4.78, 5) is 16.9. The first kappa shape index (κ1) is 18.7. The third-order valence-corrected chi connectivity index (χ3v) is 5.59. The van der Waals surface area contributed by atoms with Crippen molar-refractivity contribution in [1.82, 2.24) is 15.1 Å². The van der Waals surface area contributed by atoms with Gasteiger partial charge in [-0.1, -0.05) is 12.8 Å². The number of likely N-dealkylation sites (N-methyl/N-ethyl adjacent to an activating group) is 1. The minimum absolute atomic E-state index is 0.165. The largest absolute Gasteiger partial charge is 0.381 e. The molecule has 0 spiro atoms. The topological polar surface area (TPSA) is 44.8 Å². The van der Waals surface area contributed by atoms with E-state index in [4.69, 9.17) is 4.74 Å². The van der Waals surface area contributed by atoms with Crippen LogP contribution in [0.4, 0.5) is 0 Å². The van der Waals surface area contributed by atoms with E-state index in [-0.39, 0.29) is 11.6 Å². The van der Waals surface area contributed by atoms with E-state index < -0.39 is 0 Å². The Balaban J connectivity index is 1.78. The summed E-state index contributed by atoms with van der Waals surface area (Å²) in [5.41, 5.74) is 0.165. The number of likely N-dealkylation sites (tertiary alicyclic amines) is 1. The highest BCUT2D eigenvalue weighted by Crippen LogP contribution is 2.25. The number of ether oxygens (including phenoxy) is 1.